The summed E-state index contributed by atoms with van der Waals surface area (Å²) in [5.41, 5.74) is 8.81. The average Bonchev–Trinajstić information content (AvgIpc) is 3.39. The van der Waals surface area contributed by atoms with Crippen LogP contribution in [0.25, 0.3) is 0 Å². The second kappa shape index (κ2) is 8.03. The van der Waals surface area contributed by atoms with Crippen LogP contribution < -0.4 is 5.73 Å². The van der Waals surface area contributed by atoms with Crippen LogP contribution >= 0.6 is 35.3 Å². The zero-order valence-corrected chi connectivity index (χ0v) is 17.7. The van der Waals surface area contributed by atoms with Crippen molar-refractivity contribution in [3.8, 4) is 0 Å². The molecule has 0 amide bonds. The molecule has 134 valence electrons. The molecule has 1 saturated carbocycles. The molecule has 0 bridgehead atoms. The van der Waals surface area contributed by atoms with E-state index in [9.17, 15) is 0 Å². The number of nitrogens with zero attached hydrogens (tertiary/aromatic N) is 3. The Balaban J connectivity index is 0.00000182. The summed E-state index contributed by atoms with van der Waals surface area (Å²) in [5.74, 6) is 1.27. The molecule has 25 heavy (non-hydrogen) atoms. The van der Waals surface area contributed by atoms with Gasteiger partial charge in [-0.1, -0.05) is 30.3 Å². The van der Waals surface area contributed by atoms with Crippen molar-refractivity contribution >= 4 is 41.3 Å². The van der Waals surface area contributed by atoms with Crippen molar-refractivity contribution in [1.82, 2.24) is 9.88 Å². The molecule has 4 nitrogen and oxygen atoms in total. The average molecular weight is 468 g/mol. The molecule has 1 aromatic carbocycles. The predicted molar refractivity (Wildman–Crippen MR) is 115 cm³/mol. The molecule has 4 rings (SSSR count). The van der Waals surface area contributed by atoms with Gasteiger partial charge in [0.1, 0.15) is 5.01 Å². The molecule has 1 atom stereocenters. The minimum absolute atomic E-state index is 0. The normalized spacial score (nSPS) is 19.9. The van der Waals surface area contributed by atoms with Crippen molar-refractivity contribution < 1.29 is 0 Å². The molecule has 6 heteroatoms. The molecule has 1 fully saturated rings. The van der Waals surface area contributed by atoms with Crippen LogP contribution in [0.4, 0.5) is 0 Å². The number of benzene rings is 1. The number of aromatic nitrogens is 1. The van der Waals surface area contributed by atoms with E-state index in [4.69, 9.17) is 10.7 Å². The van der Waals surface area contributed by atoms with Crippen molar-refractivity contribution in [2.45, 2.75) is 50.6 Å². The van der Waals surface area contributed by atoms with Crippen molar-refractivity contribution in [2.75, 3.05) is 7.05 Å². The molecule has 2 aliphatic carbocycles. The maximum atomic E-state index is 6.08. The number of aliphatic imine (C=N–C) groups is 1. The van der Waals surface area contributed by atoms with Gasteiger partial charge < -0.3 is 10.6 Å². The number of thiazole rings is 1. The first kappa shape index (κ1) is 18.6. The van der Waals surface area contributed by atoms with Gasteiger partial charge in [-0.15, -0.1) is 35.3 Å². The Morgan fingerprint density at radius 2 is 2.04 bits per heavy atom. The Hall–Kier alpha value is -1.15. The predicted octanol–water partition coefficient (Wildman–Crippen LogP) is 3.94. The number of hydrogen-bond acceptors (Lipinski definition) is 3. The molecule has 0 saturated heterocycles. The number of halogens is 1. The molecule has 2 aromatic rings. The molecule has 1 unspecified atom stereocenters. The zero-order valence-electron chi connectivity index (χ0n) is 14.5. The molecule has 2 aliphatic rings. The molecule has 1 aromatic heterocycles. The van der Waals surface area contributed by atoms with Crippen molar-refractivity contribution in [3.05, 3.63) is 51.5 Å². The lowest BCUT2D eigenvalue weighted by Crippen LogP contribution is -2.35. The van der Waals surface area contributed by atoms with Crippen LogP contribution in [-0.2, 0) is 19.4 Å². The van der Waals surface area contributed by atoms with E-state index in [2.05, 4.69) is 40.2 Å². The summed E-state index contributed by atoms with van der Waals surface area (Å²) in [7, 11) is 2.04. The largest absolute Gasteiger partial charge is 0.370 e. The van der Waals surface area contributed by atoms with Gasteiger partial charge in [-0.25, -0.2) is 9.98 Å². The monoisotopic (exact) mass is 468 g/mol. The van der Waals surface area contributed by atoms with E-state index >= 15 is 0 Å². The minimum atomic E-state index is 0. The first-order valence-electron chi connectivity index (χ1n) is 8.76. The van der Waals surface area contributed by atoms with Gasteiger partial charge in [0.05, 0.1) is 12.2 Å². The highest BCUT2D eigenvalue weighted by Gasteiger charge is 2.27. The summed E-state index contributed by atoms with van der Waals surface area (Å²) < 4.78 is 0. The summed E-state index contributed by atoms with van der Waals surface area (Å²) >= 11 is 1.82. The lowest BCUT2D eigenvalue weighted by atomic mass is 9.85. The van der Waals surface area contributed by atoms with Crippen molar-refractivity contribution in [3.63, 3.8) is 0 Å². The van der Waals surface area contributed by atoms with Gasteiger partial charge in [-0.3, -0.25) is 0 Å². The summed E-state index contributed by atoms with van der Waals surface area (Å²) in [4.78, 5) is 12.9. The van der Waals surface area contributed by atoms with Gasteiger partial charge in [-0.2, -0.15) is 0 Å². The van der Waals surface area contributed by atoms with Gasteiger partial charge in [0.2, 0.25) is 0 Å². The van der Waals surface area contributed by atoms with E-state index in [-0.39, 0.29) is 24.0 Å². The number of aryl methyl sites for hydroxylation is 1. The minimum Gasteiger partial charge on any atom is -0.370 e. The summed E-state index contributed by atoms with van der Waals surface area (Å²) in [5, 5.41) is 1.10. The van der Waals surface area contributed by atoms with Crippen LogP contribution in [0.15, 0.2) is 35.3 Å². The fraction of sp³-hybridized carbons (Fsp3) is 0.474. The van der Waals surface area contributed by atoms with E-state index in [0.29, 0.717) is 24.5 Å². The fourth-order valence-electron chi connectivity index (χ4n) is 3.41. The van der Waals surface area contributed by atoms with Gasteiger partial charge >= 0.3 is 0 Å². The topological polar surface area (TPSA) is 54.5 Å². The molecule has 0 radical (unpaired) electrons. The third kappa shape index (κ3) is 4.34. The van der Waals surface area contributed by atoms with Crippen LogP contribution in [0.1, 0.15) is 46.3 Å². The third-order valence-electron chi connectivity index (χ3n) is 5.09. The first-order valence-corrected chi connectivity index (χ1v) is 9.57. The first-order chi connectivity index (χ1) is 11.7. The summed E-state index contributed by atoms with van der Waals surface area (Å²) in [6.45, 7) is 0.608. The smallest absolute Gasteiger partial charge is 0.191 e. The second-order valence-electron chi connectivity index (χ2n) is 6.84. The number of nitrogens with two attached hydrogens (primary N) is 1. The van der Waals surface area contributed by atoms with Crippen LogP contribution in [0.3, 0.4) is 0 Å². The molecule has 1 heterocycles. The maximum Gasteiger partial charge on any atom is 0.191 e. The Morgan fingerprint density at radius 1 is 1.28 bits per heavy atom. The molecular weight excluding hydrogens is 443 g/mol. The highest BCUT2D eigenvalue weighted by molar-refractivity contribution is 14.0. The van der Waals surface area contributed by atoms with Gasteiger partial charge in [0.25, 0.3) is 0 Å². The molecule has 0 spiro atoms. The number of hydrogen-bond donors (Lipinski definition) is 1. The zero-order chi connectivity index (χ0) is 16.5. The number of rotatable bonds is 4. The standard InChI is InChI=1S/C19H24N4S.HI/c1-23(15-8-9-15)19(20)21-12-18-22-16-10-7-14(11-17(16)24-18)13-5-3-2-4-6-13;/h2-6,14-15H,7-12H2,1H3,(H2,20,21);1H. The SMILES string of the molecule is CN(C(N)=NCc1nc2c(s1)CC(c1ccccc1)CC2)C1CC1.I. The van der Waals surface area contributed by atoms with Gasteiger partial charge in [0.15, 0.2) is 5.96 Å². The van der Waals surface area contributed by atoms with E-state index in [1.54, 1.807) is 0 Å². The van der Waals surface area contributed by atoms with Gasteiger partial charge in [0, 0.05) is 18.0 Å². The van der Waals surface area contributed by atoms with Crippen LogP contribution in [0.5, 0.6) is 0 Å². The third-order valence-corrected chi connectivity index (χ3v) is 6.19. The van der Waals surface area contributed by atoms with Crippen LogP contribution in [0.2, 0.25) is 0 Å². The molecular formula is C19H25IN4S. The Bertz CT molecular complexity index is 739. The maximum absolute atomic E-state index is 6.08. The van der Waals surface area contributed by atoms with Crippen LogP contribution in [0, 0.1) is 0 Å². The van der Waals surface area contributed by atoms with E-state index in [1.807, 2.05) is 18.4 Å². The summed E-state index contributed by atoms with van der Waals surface area (Å²) in [6.07, 6.45) is 5.85. The van der Waals surface area contributed by atoms with Crippen molar-refractivity contribution in [2.24, 2.45) is 10.7 Å². The van der Waals surface area contributed by atoms with Crippen molar-refractivity contribution in [1.29, 1.82) is 0 Å². The quantitative estimate of drug-likeness (QED) is 0.420. The molecule has 0 aliphatic heterocycles. The Labute approximate surface area is 170 Å². The Kier molecular flexibility index (Phi) is 5.99. The van der Waals surface area contributed by atoms with E-state index in [1.165, 1.54) is 35.4 Å². The van der Waals surface area contributed by atoms with Crippen LogP contribution in [-0.4, -0.2) is 28.9 Å². The lowest BCUT2D eigenvalue weighted by molar-refractivity contribution is 0.487. The fourth-order valence-corrected chi connectivity index (χ4v) is 4.53. The number of fused-ring (bicyclic) bond motifs is 1. The highest BCUT2D eigenvalue weighted by Crippen LogP contribution is 2.35. The summed E-state index contributed by atoms with van der Waals surface area (Å²) in [6, 6.07) is 11.5. The lowest BCUT2D eigenvalue weighted by Gasteiger charge is -2.21. The van der Waals surface area contributed by atoms with Gasteiger partial charge in [-0.05, 0) is 43.6 Å². The highest BCUT2D eigenvalue weighted by atomic mass is 127. The Morgan fingerprint density at radius 3 is 2.76 bits per heavy atom. The van der Waals surface area contributed by atoms with E-state index < -0.39 is 0 Å². The second-order valence-corrected chi connectivity index (χ2v) is 8.01. The molecule has 2 N–H and O–H groups in total. The number of guanidine groups is 1. The van der Waals surface area contributed by atoms with E-state index in [0.717, 1.165) is 17.8 Å².